The van der Waals surface area contributed by atoms with E-state index in [0.717, 1.165) is 42.2 Å². The van der Waals surface area contributed by atoms with Gasteiger partial charge in [0.05, 0.1) is 16.8 Å². The highest BCUT2D eigenvalue weighted by Crippen LogP contribution is 2.31. The van der Waals surface area contributed by atoms with Gasteiger partial charge in [-0.05, 0) is 48.9 Å². The maximum absolute atomic E-state index is 6.42. The zero-order chi connectivity index (χ0) is 24.2. The Morgan fingerprint density at radius 3 is 2.60 bits per heavy atom. The highest BCUT2D eigenvalue weighted by molar-refractivity contribution is 8.00. The van der Waals surface area contributed by atoms with Crippen LogP contribution in [0, 0.1) is 13.8 Å². The van der Waals surface area contributed by atoms with E-state index in [1.54, 1.807) is 4.68 Å². The van der Waals surface area contributed by atoms with Gasteiger partial charge in [-0.15, -0.1) is 0 Å². The summed E-state index contributed by atoms with van der Waals surface area (Å²) in [6, 6.07) is 18.8. The van der Waals surface area contributed by atoms with Crippen LogP contribution in [0.15, 0.2) is 71.9 Å². The zero-order valence-corrected chi connectivity index (χ0v) is 21.1. The molecule has 0 radical (unpaired) electrons. The predicted molar refractivity (Wildman–Crippen MR) is 140 cm³/mol. The molecule has 8 heteroatoms. The second-order valence-electron chi connectivity index (χ2n) is 8.98. The predicted octanol–water partition coefficient (Wildman–Crippen LogP) is 5.27. The van der Waals surface area contributed by atoms with Crippen LogP contribution >= 0.6 is 11.9 Å². The van der Waals surface area contributed by atoms with Crippen molar-refractivity contribution in [2.45, 2.75) is 37.8 Å². The lowest BCUT2D eigenvalue weighted by atomic mass is 10.00. The van der Waals surface area contributed by atoms with E-state index in [0.29, 0.717) is 11.8 Å². The maximum atomic E-state index is 6.42. The van der Waals surface area contributed by atoms with Crippen molar-refractivity contribution in [1.82, 2.24) is 24.6 Å². The van der Waals surface area contributed by atoms with Crippen LogP contribution in [0.4, 0.5) is 5.95 Å². The van der Waals surface area contributed by atoms with Gasteiger partial charge in [-0.25, -0.2) is 4.98 Å². The minimum atomic E-state index is 0.0956. The summed E-state index contributed by atoms with van der Waals surface area (Å²) < 4.78 is 11.5. The largest absolute Gasteiger partial charge is 0.473 e. The van der Waals surface area contributed by atoms with Crippen LogP contribution in [0.1, 0.15) is 23.1 Å². The van der Waals surface area contributed by atoms with E-state index in [1.165, 1.54) is 28.6 Å². The van der Waals surface area contributed by atoms with Crippen molar-refractivity contribution in [3.05, 3.63) is 83.7 Å². The Labute approximate surface area is 210 Å². The average Bonchev–Trinajstić information content (AvgIpc) is 3.46. The third kappa shape index (κ3) is 5.83. The molecule has 7 nitrogen and oxygen atoms in total. The lowest BCUT2D eigenvalue weighted by Gasteiger charge is -2.18. The van der Waals surface area contributed by atoms with Gasteiger partial charge in [0.15, 0.2) is 0 Å². The Hall–Kier alpha value is -3.36. The van der Waals surface area contributed by atoms with Crippen LogP contribution in [0.5, 0.6) is 5.88 Å². The highest BCUT2D eigenvalue weighted by atomic mass is 32.2. The first-order valence-electron chi connectivity index (χ1n) is 11.8. The molecule has 4 aromatic rings. The number of likely N-dealkylation sites (tertiary alicyclic amines) is 1. The molecule has 1 atom stereocenters. The number of nitrogens with zero attached hydrogens (tertiary/aromatic N) is 5. The monoisotopic (exact) mass is 486 g/mol. The number of ether oxygens (including phenoxy) is 1. The van der Waals surface area contributed by atoms with Gasteiger partial charge in [-0.2, -0.15) is 10.1 Å². The molecule has 1 fully saturated rings. The van der Waals surface area contributed by atoms with Gasteiger partial charge in [0.2, 0.25) is 11.8 Å². The van der Waals surface area contributed by atoms with E-state index >= 15 is 0 Å². The van der Waals surface area contributed by atoms with Crippen LogP contribution in [-0.4, -0.2) is 43.8 Å². The van der Waals surface area contributed by atoms with Gasteiger partial charge in [0.25, 0.3) is 0 Å². The van der Waals surface area contributed by atoms with E-state index in [1.807, 2.05) is 25.5 Å². The van der Waals surface area contributed by atoms with E-state index in [4.69, 9.17) is 14.7 Å². The van der Waals surface area contributed by atoms with E-state index in [-0.39, 0.29) is 6.10 Å². The molecule has 35 heavy (non-hydrogen) atoms. The van der Waals surface area contributed by atoms with Gasteiger partial charge >= 0.3 is 0 Å². The minimum Gasteiger partial charge on any atom is -0.473 e. The number of hydrogen-bond donors (Lipinski definition) is 1. The molecule has 1 aliphatic rings. The zero-order valence-electron chi connectivity index (χ0n) is 20.3. The maximum Gasteiger partial charge on any atom is 0.237 e. The fourth-order valence-corrected chi connectivity index (χ4v) is 5.09. The Morgan fingerprint density at radius 2 is 1.86 bits per heavy atom. The van der Waals surface area contributed by atoms with Gasteiger partial charge in [-0.3, -0.25) is 14.3 Å². The molecular weight excluding hydrogens is 456 g/mol. The topological polar surface area (TPSA) is 68.1 Å². The SMILES string of the molecule is Cc1cccc(C)c1-c1cc(OC2CCN(Cc3ccccc3)C2)nc(NSc2cnn(C)c2)n1. The third-order valence-electron chi connectivity index (χ3n) is 6.15. The van der Waals surface area contributed by atoms with Crippen molar-refractivity contribution in [3.63, 3.8) is 0 Å². The summed E-state index contributed by atoms with van der Waals surface area (Å²) in [6.07, 6.45) is 4.83. The quantitative estimate of drug-likeness (QED) is 0.341. The number of aryl methyl sites for hydroxylation is 3. The summed E-state index contributed by atoms with van der Waals surface area (Å²) in [6.45, 7) is 7.05. The van der Waals surface area contributed by atoms with Crippen LogP contribution < -0.4 is 9.46 Å². The minimum absolute atomic E-state index is 0.0956. The van der Waals surface area contributed by atoms with E-state index in [9.17, 15) is 0 Å². The molecule has 1 aliphatic heterocycles. The number of anilines is 1. The first kappa shape index (κ1) is 23.4. The molecule has 0 amide bonds. The molecule has 0 aliphatic carbocycles. The first-order chi connectivity index (χ1) is 17.0. The van der Waals surface area contributed by atoms with Crippen LogP contribution in [0.2, 0.25) is 0 Å². The molecule has 2 aromatic carbocycles. The summed E-state index contributed by atoms with van der Waals surface area (Å²) in [5.74, 6) is 1.12. The van der Waals surface area contributed by atoms with Gasteiger partial charge in [0.1, 0.15) is 6.10 Å². The number of benzene rings is 2. The molecule has 0 saturated carbocycles. The fourth-order valence-electron chi connectivity index (χ4n) is 4.48. The van der Waals surface area contributed by atoms with Gasteiger partial charge in [-0.1, -0.05) is 48.5 Å². The van der Waals surface area contributed by atoms with Crippen molar-refractivity contribution in [3.8, 4) is 17.1 Å². The van der Waals surface area contributed by atoms with Crippen LogP contribution in [0.3, 0.4) is 0 Å². The Balaban J connectivity index is 1.36. The lowest BCUT2D eigenvalue weighted by Crippen LogP contribution is -2.24. The number of hydrogen-bond acceptors (Lipinski definition) is 7. The number of nitrogens with one attached hydrogen (secondary N) is 1. The highest BCUT2D eigenvalue weighted by Gasteiger charge is 2.25. The fraction of sp³-hybridized carbons (Fsp3) is 0.296. The molecule has 1 unspecified atom stereocenters. The number of aromatic nitrogens is 4. The second kappa shape index (κ2) is 10.5. The molecule has 3 heterocycles. The summed E-state index contributed by atoms with van der Waals surface area (Å²) in [7, 11) is 1.90. The number of rotatable bonds is 8. The molecule has 2 aromatic heterocycles. The average molecular weight is 487 g/mol. The molecule has 0 bridgehead atoms. The smallest absolute Gasteiger partial charge is 0.237 e. The Morgan fingerprint density at radius 1 is 1.06 bits per heavy atom. The molecule has 5 rings (SSSR count). The van der Waals surface area contributed by atoms with Crippen molar-refractivity contribution in [1.29, 1.82) is 0 Å². The molecular formula is C27H30N6OS. The van der Waals surface area contributed by atoms with Crippen molar-refractivity contribution >= 4 is 17.9 Å². The summed E-state index contributed by atoms with van der Waals surface area (Å²) in [5, 5.41) is 4.23. The van der Waals surface area contributed by atoms with E-state index < -0.39 is 0 Å². The molecule has 1 saturated heterocycles. The Bertz CT molecular complexity index is 1270. The van der Waals surface area contributed by atoms with Gasteiger partial charge < -0.3 is 4.74 Å². The third-order valence-corrected chi connectivity index (χ3v) is 6.88. The van der Waals surface area contributed by atoms with Gasteiger partial charge in [0, 0.05) is 44.5 Å². The summed E-state index contributed by atoms with van der Waals surface area (Å²) in [4.78, 5) is 13.0. The standard InChI is InChI=1S/C27H30N6OS/c1-19-8-7-9-20(2)26(19)24-14-25(30-27(29-24)31-35-23-15-28-32(3)18-23)34-22-12-13-33(17-22)16-21-10-5-4-6-11-21/h4-11,14-15,18,22H,12-13,16-17H2,1-3H3,(H,29,30,31). The summed E-state index contributed by atoms with van der Waals surface area (Å²) in [5.41, 5.74) is 5.66. The van der Waals surface area contributed by atoms with E-state index in [2.05, 4.69) is 77.1 Å². The second-order valence-corrected chi connectivity index (χ2v) is 9.86. The first-order valence-corrected chi connectivity index (χ1v) is 12.7. The normalized spacial score (nSPS) is 15.9. The lowest BCUT2D eigenvalue weighted by molar-refractivity contribution is 0.191. The molecule has 1 N–H and O–H groups in total. The molecule has 0 spiro atoms. The molecule has 180 valence electrons. The van der Waals surface area contributed by atoms with Crippen LogP contribution in [-0.2, 0) is 13.6 Å². The van der Waals surface area contributed by atoms with Crippen molar-refractivity contribution < 1.29 is 4.74 Å². The summed E-state index contributed by atoms with van der Waals surface area (Å²) >= 11 is 1.44. The van der Waals surface area contributed by atoms with Crippen molar-refractivity contribution in [2.75, 3.05) is 17.8 Å². The van der Waals surface area contributed by atoms with Crippen LogP contribution in [0.25, 0.3) is 11.3 Å². The Kier molecular flexibility index (Phi) is 7.01. The van der Waals surface area contributed by atoms with Crippen molar-refractivity contribution in [2.24, 2.45) is 7.05 Å².